The molecule has 0 heterocycles. The van der Waals surface area contributed by atoms with E-state index in [0.717, 1.165) is 0 Å². The Balaban J connectivity index is 3.34. The number of hydrazine groups is 1. The second kappa shape index (κ2) is 2.35. The highest BCUT2D eigenvalue weighted by Gasteiger charge is 2.02. The van der Waals surface area contributed by atoms with Crippen molar-refractivity contribution >= 4 is 0 Å². The van der Waals surface area contributed by atoms with Crippen molar-refractivity contribution in [3.8, 4) is 0 Å². The van der Waals surface area contributed by atoms with E-state index < -0.39 is 5.03 Å². The standard InChI is InChI=1S/C2H6N2O3/c1-2-3(5)4(6)7/h5H,2H2,1H3. The molecule has 0 saturated heterocycles. The van der Waals surface area contributed by atoms with Gasteiger partial charge in [0.25, 0.3) is 0 Å². The van der Waals surface area contributed by atoms with Gasteiger partial charge in [-0.15, -0.1) is 0 Å². The van der Waals surface area contributed by atoms with Gasteiger partial charge < -0.3 is 0 Å². The number of hydrogen-bond donors (Lipinski definition) is 1. The van der Waals surface area contributed by atoms with Crippen molar-refractivity contribution < 1.29 is 10.2 Å². The van der Waals surface area contributed by atoms with E-state index in [0.29, 0.717) is 0 Å². The summed E-state index contributed by atoms with van der Waals surface area (Å²) >= 11 is 0. The van der Waals surface area contributed by atoms with Crippen LogP contribution in [0.3, 0.4) is 0 Å². The third-order valence-corrected chi connectivity index (χ3v) is 0.471. The second-order valence-electron chi connectivity index (χ2n) is 0.926. The van der Waals surface area contributed by atoms with E-state index in [-0.39, 0.29) is 11.7 Å². The Bertz CT molecular complexity index is 73.3. The van der Waals surface area contributed by atoms with Gasteiger partial charge in [0.2, 0.25) is 0 Å². The van der Waals surface area contributed by atoms with Gasteiger partial charge in [-0.2, -0.15) is 0 Å². The molecule has 0 unspecified atom stereocenters. The lowest BCUT2D eigenvalue weighted by Gasteiger charge is -1.98. The van der Waals surface area contributed by atoms with Crippen molar-refractivity contribution in [3.63, 3.8) is 0 Å². The highest BCUT2D eigenvalue weighted by Crippen LogP contribution is 1.75. The van der Waals surface area contributed by atoms with Crippen LogP contribution < -0.4 is 0 Å². The largest absolute Gasteiger partial charge is 0.236 e. The predicted octanol–water partition coefficient (Wildman–Crippen LogP) is -0.111. The average Bonchev–Trinajstić information content (AvgIpc) is 1.65. The molecule has 0 aliphatic heterocycles. The highest BCUT2D eigenvalue weighted by atomic mass is 16.8. The van der Waals surface area contributed by atoms with Crippen molar-refractivity contribution in [2.45, 2.75) is 6.92 Å². The van der Waals surface area contributed by atoms with Gasteiger partial charge in [0.1, 0.15) is 6.54 Å². The van der Waals surface area contributed by atoms with Crippen LogP contribution in [0.1, 0.15) is 6.92 Å². The van der Waals surface area contributed by atoms with Crippen LogP contribution >= 0.6 is 0 Å². The first-order valence-electron chi connectivity index (χ1n) is 1.79. The normalized spacial score (nSPS) is 8.29. The first-order chi connectivity index (χ1) is 3.18. The third kappa shape index (κ3) is 1.94. The fraction of sp³-hybridized carbons (Fsp3) is 1.00. The maximum Gasteiger partial charge on any atom is 0.186 e. The fourth-order valence-electron chi connectivity index (χ4n) is 0.115. The zero-order valence-corrected chi connectivity index (χ0v) is 3.87. The Morgan fingerprint density at radius 2 is 2.43 bits per heavy atom. The molecule has 0 aliphatic rings. The van der Waals surface area contributed by atoms with Gasteiger partial charge in [0, 0.05) is 5.17 Å². The lowest BCUT2D eigenvalue weighted by atomic mass is 10.8. The van der Waals surface area contributed by atoms with Crippen molar-refractivity contribution in [2.24, 2.45) is 0 Å². The average molecular weight is 106 g/mol. The smallest absolute Gasteiger partial charge is 0.186 e. The van der Waals surface area contributed by atoms with Crippen molar-refractivity contribution in [2.75, 3.05) is 6.54 Å². The minimum absolute atomic E-state index is 0.00694. The highest BCUT2D eigenvalue weighted by molar-refractivity contribution is 4.10. The summed E-state index contributed by atoms with van der Waals surface area (Å²) in [4.78, 5) is 9.41. The number of hydroxylamine groups is 1. The molecule has 5 nitrogen and oxygen atoms in total. The molecule has 0 spiro atoms. The summed E-state index contributed by atoms with van der Waals surface area (Å²) in [6, 6.07) is 0. The molecule has 5 heteroatoms. The van der Waals surface area contributed by atoms with Crippen LogP contribution in [-0.2, 0) is 0 Å². The number of nitro groups is 1. The molecule has 0 saturated carbocycles. The molecule has 0 aromatic rings. The minimum Gasteiger partial charge on any atom is -0.236 e. The first-order valence-corrected chi connectivity index (χ1v) is 1.79. The Labute approximate surface area is 40.2 Å². The zero-order chi connectivity index (χ0) is 5.86. The Morgan fingerprint density at radius 3 is 2.43 bits per heavy atom. The fourth-order valence-corrected chi connectivity index (χ4v) is 0.115. The van der Waals surface area contributed by atoms with Gasteiger partial charge in [-0.25, -0.2) is 15.3 Å². The first kappa shape index (κ1) is 6.16. The van der Waals surface area contributed by atoms with Crippen LogP contribution in [0, 0.1) is 10.1 Å². The summed E-state index contributed by atoms with van der Waals surface area (Å²) in [7, 11) is 0. The molecule has 42 valence electrons. The molecular weight excluding hydrogens is 100 g/mol. The Kier molecular flexibility index (Phi) is 2.07. The summed E-state index contributed by atoms with van der Waals surface area (Å²) in [6.07, 6.45) is 0. The predicted molar refractivity (Wildman–Crippen MR) is 21.2 cm³/mol. The molecule has 0 aromatic carbocycles. The van der Waals surface area contributed by atoms with Crippen molar-refractivity contribution in [1.29, 1.82) is 0 Å². The van der Waals surface area contributed by atoms with Crippen LogP contribution in [-0.4, -0.2) is 22.0 Å². The zero-order valence-electron chi connectivity index (χ0n) is 3.87. The number of rotatable bonds is 2. The van der Waals surface area contributed by atoms with E-state index in [1.54, 1.807) is 0 Å². The molecule has 0 radical (unpaired) electrons. The molecule has 0 aliphatic carbocycles. The van der Waals surface area contributed by atoms with Crippen LogP contribution in [0.25, 0.3) is 0 Å². The summed E-state index contributed by atoms with van der Waals surface area (Å²) in [6.45, 7) is 1.48. The van der Waals surface area contributed by atoms with E-state index in [1.165, 1.54) is 6.92 Å². The van der Waals surface area contributed by atoms with Crippen molar-refractivity contribution in [3.05, 3.63) is 10.1 Å². The van der Waals surface area contributed by atoms with Crippen LogP contribution in [0.5, 0.6) is 0 Å². The van der Waals surface area contributed by atoms with Gasteiger partial charge in [-0.1, -0.05) is 0 Å². The lowest BCUT2D eigenvalue weighted by Crippen LogP contribution is -2.25. The topological polar surface area (TPSA) is 66.6 Å². The molecule has 7 heavy (non-hydrogen) atoms. The summed E-state index contributed by atoms with van der Waals surface area (Å²) in [5, 5.41) is 16.6. The molecular formula is C2H6N2O3. The lowest BCUT2D eigenvalue weighted by molar-refractivity contribution is -0.727. The number of nitrogens with zero attached hydrogens (tertiary/aromatic N) is 2. The second-order valence-corrected chi connectivity index (χ2v) is 0.926. The van der Waals surface area contributed by atoms with Crippen LogP contribution in [0.2, 0.25) is 0 Å². The summed E-state index contributed by atoms with van der Waals surface area (Å²) in [5.41, 5.74) is 0. The monoisotopic (exact) mass is 106 g/mol. The Hall–Kier alpha value is -0.840. The molecule has 0 aromatic heterocycles. The van der Waals surface area contributed by atoms with E-state index >= 15 is 0 Å². The maximum absolute atomic E-state index is 9.41. The van der Waals surface area contributed by atoms with Gasteiger partial charge >= 0.3 is 0 Å². The Morgan fingerprint density at radius 1 is 2.00 bits per heavy atom. The van der Waals surface area contributed by atoms with E-state index in [4.69, 9.17) is 5.21 Å². The van der Waals surface area contributed by atoms with Crippen LogP contribution in [0.4, 0.5) is 0 Å². The maximum atomic E-state index is 9.41. The quantitative estimate of drug-likeness (QED) is 0.394. The van der Waals surface area contributed by atoms with Crippen LogP contribution in [0.15, 0.2) is 0 Å². The van der Waals surface area contributed by atoms with Gasteiger partial charge in [-0.3, -0.25) is 0 Å². The minimum atomic E-state index is -0.889. The summed E-state index contributed by atoms with van der Waals surface area (Å²) < 4.78 is 0. The van der Waals surface area contributed by atoms with E-state index in [2.05, 4.69) is 0 Å². The summed E-state index contributed by atoms with van der Waals surface area (Å²) in [5.74, 6) is 0. The third-order valence-electron chi connectivity index (χ3n) is 0.471. The van der Waals surface area contributed by atoms with E-state index in [9.17, 15) is 10.1 Å². The molecule has 1 N–H and O–H groups in total. The molecule has 0 bridgehead atoms. The van der Waals surface area contributed by atoms with E-state index in [1.807, 2.05) is 0 Å². The van der Waals surface area contributed by atoms with Gasteiger partial charge in [0.15, 0.2) is 5.03 Å². The van der Waals surface area contributed by atoms with Crippen molar-refractivity contribution in [1.82, 2.24) is 5.17 Å². The SMILES string of the molecule is CCN(O)[N+](=O)[O-]. The van der Waals surface area contributed by atoms with Gasteiger partial charge in [-0.05, 0) is 6.92 Å². The molecule has 0 amide bonds. The van der Waals surface area contributed by atoms with Gasteiger partial charge in [0.05, 0.1) is 0 Å². The molecule has 0 fully saturated rings. The number of hydrogen-bond acceptors (Lipinski definition) is 3. The molecule has 0 atom stereocenters. The molecule has 0 rings (SSSR count).